The van der Waals surface area contributed by atoms with E-state index in [1.165, 1.54) is 11.1 Å². The Hall–Kier alpha value is -2.60. The molecule has 2 aliphatic heterocycles. The first-order chi connectivity index (χ1) is 14.6. The van der Waals surface area contributed by atoms with Gasteiger partial charge in [0.05, 0.1) is 0 Å². The molecule has 30 heavy (non-hydrogen) atoms. The van der Waals surface area contributed by atoms with Gasteiger partial charge in [-0.2, -0.15) is 0 Å². The van der Waals surface area contributed by atoms with E-state index in [1.54, 1.807) is 12.1 Å². The van der Waals surface area contributed by atoms with E-state index in [2.05, 4.69) is 27.3 Å². The molecule has 0 saturated carbocycles. The molecule has 0 atom stereocenters. The van der Waals surface area contributed by atoms with E-state index in [0.717, 1.165) is 44.7 Å². The van der Waals surface area contributed by atoms with Gasteiger partial charge >= 0.3 is 0 Å². The first kappa shape index (κ1) is 20.7. The molecule has 1 fully saturated rings. The predicted octanol–water partition coefficient (Wildman–Crippen LogP) is 3.43. The minimum absolute atomic E-state index is 0.141. The average Bonchev–Trinajstić information content (AvgIpc) is 3.30. The number of fused-ring (bicyclic) bond motifs is 1. The van der Waals surface area contributed by atoms with Crippen LogP contribution in [0.4, 0.5) is 5.82 Å². The first-order valence-corrected chi connectivity index (χ1v) is 11.0. The molecule has 1 N–H and O–H groups in total. The van der Waals surface area contributed by atoms with Gasteiger partial charge in [-0.1, -0.05) is 35.9 Å². The number of halogens is 1. The van der Waals surface area contributed by atoms with Gasteiger partial charge in [0.2, 0.25) is 5.91 Å². The van der Waals surface area contributed by atoms with Crippen LogP contribution in [0, 0.1) is 0 Å². The molecule has 1 saturated heterocycles. The van der Waals surface area contributed by atoms with Gasteiger partial charge < -0.3 is 15.1 Å². The molecule has 0 bridgehead atoms. The number of carbonyl (C=O) groups is 2. The molecule has 0 spiro atoms. The zero-order valence-electron chi connectivity index (χ0n) is 17.1. The minimum Gasteiger partial charge on any atom is -0.357 e. The summed E-state index contributed by atoms with van der Waals surface area (Å²) in [5.41, 5.74) is 3.07. The average molecular weight is 427 g/mol. The number of nitrogens with zero attached hydrogens (tertiary/aromatic N) is 3. The Balaban J connectivity index is 1.25. The Kier molecular flexibility index (Phi) is 6.53. The molecular weight excluding hydrogens is 400 g/mol. The lowest BCUT2D eigenvalue weighted by atomic mass is 9.99. The second-order valence-electron chi connectivity index (χ2n) is 7.92. The maximum Gasteiger partial charge on any atom is 0.251 e. The number of carbonyl (C=O) groups excluding carboxylic acids is 2. The molecule has 1 aromatic heterocycles. The lowest BCUT2D eigenvalue weighted by molar-refractivity contribution is -0.132. The molecule has 0 radical (unpaired) electrons. The maximum absolute atomic E-state index is 12.5. The lowest BCUT2D eigenvalue weighted by Gasteiger charge is -2.29. The monoisotopic (exact) mass is 426 g/mol. The Morgan fingerprint density at radius 1 is 1.07 bits per heavy atom. The summed E-state index contributed by atoms with van der Waals surface area (Å²) in [5.74, 6) is 0.715. The number of hydrogen-bond acceptors (Lipinski definition) is 4. The van der Waals surface area contributed by atoms with Gasteiger partial charge in [0.25, 0.3) is 5.91 Å². The fourth-order valence-corrected chi connectivity index (χ4v) is 4.34. The largest absolute Gasteiger partial charge is 0.357 e. The number of hydrogen-bond donors (Lipinski definition) is 1. The van der Waals surface area contributed by atoms with Crippen LogP contribution in [0.3, 0.4) is 0 Å². The smallest absolute Gasteiger partial charge is 0.251 e. The highest BCUT2D eigenvalue weighted by atomic mass is 35.5. The Morgan fingerprint density at radius 3 is 2.63 bits per heavy atom. The third-order valence-corrected chi connectivity index (χ3v) is 6.00. The summed E-state index contributed by atoms with van der Waals surface area (Å²) in [6.45, 7) is 3.77. The quantitative estimate of drug-likeness (QED) is 0.567. The maximum atomic E-state index is 12.5. The van der Waals surface area contributed by atoms with E-state index in [0.29, 0.717) is 36.6 Å². The molecule has 4 rings (SSSR count). The predicted molar refractivity (Wildman–Crippen MR) is 118 cm³/mol. The fourth-order valence-electron chi connectivity index (χ4n) is 4.13. The standard InChI is InChI=1S/C23H27ClN4O2/c24-20-14-19(15-21(26-20)27-11-3-4-12-27)23(30)25-10-5-8-22(29)28-13-9-17-6-1-2-7-18(17)16-28/h1-2,6-7,14-15H,3-5,8-13,16H2,(H,25,30). The number of anilines is 1. The van der Waals surface area contributed by atoms with Crippen molar-refractivity contribution in [2.45, 2.75) is 38.6 Å². The molecule has 0 aliphatic carbocycles. The normalized spacial score (nSPS) is 15.8. The van der Waals surface area contributed by atoms with E-state index < -0.39 is 0 Å². The molecule has 7 heteroatoms. The van der Waals surface area contributed by atoms with E-state index in [1.807, 2.05) is 17.0 Å². The zero-order chi connectivity index (χ0) is 20.9. The highest BCUT2D eigenvalue weighted by Crippen LogP contribution is 2.22. The van der Waals surface area contributed by atoms with Gasteiger partial charge in [-0.25, -0.2) is 4.98 Å². The van der Waals surface area contributed by atoms with E-state index in [9.17, 15) is 9.59 Å². The third kappa shape index (κ3) is 4.93. The van der Waals surface area contributed by atoms with E-state index in [4.69, 9.17) is 11.6 Å². The molecule has 1 aromatic carbocycles. The number of amides is 2. The van der Waals surface area contributed by atoms with E-state index >= 15 is 0 Å². The van der Waals surface area contributed by atoms with Crippen LogP contribution < -0.4 is 10.2 Å². The molecule has 158 valence electrons. The summed E-state index contributed by atoms with van der Waals surface area (Å²) < 4.78 is 0. The molecule has 2 amide bonds. The van der Waals surface area contributed by atoms with E-state index in [-0.39, 0.29) is 11.8 Å². The van der Waals surface area contributed by atoms with Crippen molar-refractivity contribution in [1.29, 1.82) is 0 Å². The van der Waals surface area contributed by atoms with Gasteiger partial charge in [-0.05, 0) is 48.9 Å². The topological polar surface area (TPSA) is 65.5 Å². The summed E-state index contributed by atoms with van der Waals surface area (Å²) in [5, 5.41) is 3.23. The number of pyridine rings is 1. The van der Waals surface area contributed by atoms with Crippen LogP contribution in [-0.2, 0) is 17.8 Å². The van der Waals surface area contributed by atoms with Crippen molar-refractivity contribution in [3.63, 3.8) is 0 Å². The van der Waals surface area contributed by atoms with Crippen molar-refractivity contribution < 1.29 is 9.59 Å². The minimum atomic E-state index is -0.181. The van der Waals surface area contributed by atoms with Gasteiger partial charge in [0.1, 0.15) is 11.0 Å². The van der Waals surface area contributed by atoms with Gasteiger partial charge in [0, 0.05) is 44.7 Å². The fraction of sp³-hybridized carbons (Fsp3) is 0.435. The van der Waals surface area contributed by atoms with Crippen LogP contribution >= 0.6 is 11.6 Å². The molecule has 2 aromatic rings. The summed E-state index contributed by atoms with van der Waals surface area (Å²) in [7, 11) is 0. The van der Waals surface area contributed by atoms with Crippen molar-refractivity contribution in [2.75, 3.05) is 31.1 Å². The van der Waals surface area contributed by atoms with Gasteiger partial charge in [0.15, 0.2) is 0 Å². The van der Waals surface area contributed by atoms with Gasteiger partial charge in [-0.15, -0.1) is 0 Å². The second-order valence-corrected chi connectivity index (χ2v) is 8.31. The molecular formula is C23H27ClN4O2. The number of nitrogens with one attached hydrogen (secondary N) is 1. The second kappa shape index (κ2) is 9.47. The van der Waals surface area contributed by atoms with Crippen LogP contribution in [-0.4, -0.2) is 47.9 Å². The summed E-state index contributed by atoms with van der Waals surface area (Å²) in [6.07, 6.45) is 4.21. The SMILES string of the molecule is O=C(NCCCC(=O)N1CCc2ccccc2C1)c1cc(Cl)nc(N2CCCC2)c1. The highest BCUT2D eigenvalue weighted by Gasteiger charge is 2.20. The molecule has 2 aliphatic rings. The van der Waals surface area contributed by atoms with Crippen LogP contribution in [0.5, 0.6) is 0 Å². The van der Waals surface area contributed by atoms with Crippen molar-refractivity contribution >= 4 is 29.2 Å². The zero-order valence-corrected chi connectivity index (χ0v) is 17.8. The molecule has 0 unspecified atom stereocenters. The van der Waals surface area contributed by atoms with Crippen molar-refractivity contribution in [3.05, 3.63) is 58.2 Å². The van der Waals surface area contributed by atoms with Gasteiger partial charge in [-0.3, -0.25) is 9.59 Å². The molecule has 6 nitrogen and oxygen atoms in total. The van der Waals surface area contributed by atoms with Crippen molar-refractivity contribution in [1.82, 2.24) is 15.2 Å². The molecule has 3 heterocycles. The summed E-state index contributed by atoms with van der Waals surface area (Å²) >= 11 is 6.13. The summed E-state index contributed by atoms with van der Waals surface area (Å²) in [6, 6.07) is 11.7. The van der Waals surface area contributed by atoms with Crippen molar-refractivity contribution in [3.8, 4) is 0 Å². The van der Waals surface area contributed by atoms with Crippen LogP contribution in [0.2, 0.25) is 5.15 Å². The number of rotatable bonds is 6. The number of benzene rings is 1. The van der Waals surface area contributed by atoms with Crippen LogP contribution in [0.1, 0.15) is 47.2 Å². The van der Waals surface area contributed by atoms with Crippen LogP contribution in [0.25, 0.3) is 0 Å². The van der Waals surface area contributed by atoms with Crippen molar-refractivity contribution in [2.24, 2.45) is 0 Å². The Bertz CT molecular complexity index is 927. The number of aromatic nitrogens is 1. The Labute approximate surface area is 182 Å². The Morgan fingerprint density at radius 2 is 1.83 bits per heavy atom. The van der Waals surface area contributed by atoms with Crippen LogP contribution in [0.15, 0.2) is 36.4 Å². The highest BCUT2D eigenvalue weighted by molar-refractivity contribution is 6.29. The summed E-state index contributed by atoms with van der Waals surface area (Å²) in [4.78, 5) is 33.5. The lowest BCUT2D eigenvalue weighted by Crippen LogP contribution is -2.36. The first-order valence-electron chi connectivity index (χ1n) is 10.7. The third-order valence-electron chi connectivity index (χ3n) is 5.81.